The molecular weight excluding hydrogens is 333 g/mol. The number of amides is 1. The van der Waals surface area contributed by atoms with Crippen molar-refractivity contribution in [1.29, 1.82) is 0 Å². The molecule has 0 spiro atoms. The first-order valence-electron chi connectivity index (χ1n) is 5.63. The highest BCUT2D eigenvalue weighted by atomic mass is 79.9. The maximum absolute atomic E-state index is 12.2. The molecule has 0 aliphatic carbocycles. The first-order valence-corrected chi connectivity index (χ1v) is 8.15. The van der Waals surface area contributed by atoms with E-state index in [0.717, 1.165) is 10.0 Å². The van der Waals surface area contributed by atoms with E-state index in [4.69, 9.17) is 9.05 Å². The molecule has 1 aromatic carbocycles. The van der Waals surface area contributed by atoms with E-state index < -0.39 is 13.6 Å². The largest absolute Gasteiger partial charge is 0.349 e. The monoisotopic (exact) mass is 349 g/mol. The van der Waals surface area contributed by atoms with E-state index in [1.54, 1.807) is 0 Å². The first-order chi connectivity index (χ1) is 8.90. The summed E-state index contributed by atoms with van der Waals surface area (Å²) in [6.07, 6.45) is 0.0845. The van der Waals surface area contributed by atoms with Crippen LogP contribution < -0.4 is 5.32 Å². The van der Waals surface area contributed by atoms with Gasteiger partial charge in [-0.3, -0.25) is 9.36 Å². The van der Waals surface area contributed by atoms with Gasteiger partial charge in [0.1, 0.15) is 0 Å². The average molecular weight is 350 g/mol. The van der Waals surface area contributed by atoms with Crippen LogP contribution in [0.3, 0.4) is 0 Å². The van der Waals surface area contributed by atoms with Gasteiger partial charge in [-0.25, -0.2) is 0 Å². The Morgan fingerprint density at radius 1 is 1.32 bits per heavy atom. The minimum absolute atomic E-state index is 0.0845. The topological polar surface area (TPSA) is 64.6 Å². The summed E-state index contributed by atoms with van der Waals surface area (Å²) in [5.41, 5.74) is 0.840. The molecule has 0 saturated carbocycles. The van der Waals surface area contributed by atoms with Gasteiger partial charge in [0.2, 0.25) is 5.91 Å². The second-order valence-corrected chi connectivity index (χ2v) is 7.20. The van der Waals surface area contributed by atoms with Crippen LogP contribution in [0.15, 0.2) is 28.7 Å². The molecule has 0 fully saturated rings. The molecule has 1 atom stereocenters. The zero-order valence-electron chi connectivity index (χ0n) is 11.1. The fraction of sp³-hybridized carbons (Fsp3) is 0.417. The Bertz CT molecular complexity index is 469. The summed E-state index contributed by atoms with van der Waals surface area (Å²) in [6, 6.07) is 6.99. The molecular formula is C12H17BrNO4P. The lowest BCUT2D eigenvalue weighted by atomic mass is 10.1. The maximum atomic E-state index is 12.2. The van der Waals surface area contributed by atoms with Gasteiger partial charge < -0.3 is 14.4 Å². The normalized spacial score (nSPS) is 13.1. The molecule has 0 bridgehead atoms. The lowest BCUT2D eigenvalue weighted by molar-refractivity contribution is -0.119. The molecule has 0 unspecified atom stereocenters. The van der Waals surface area contributed by atoms with E-state index in [-0.39, 0.29) is 12.1 Å². The predicted octanol–water partition coefficient (Wildman–Crippen LogP) is 3.11. The average Bonchev–Trinajstić information content (AvgIpc) is 2.38. The zero-order valence-corrected chi connectivity index (χ0v) is 13.5. The highest BCUT2D eigenvalue weighted by Crippen LogP contribution is 2.49. The molecule has 1 rings (SSSR count). The van der Waals surface area contributed by atoms with Crippen molar-refractivity contribution in [2.75, 3.05) is 20.4 Å². The third kappa shape index (κ3) is 5.07. The minimum atomic E-state index is -3.20. The smallest absolute Gasteiger partial charge is 0.332 e. The number of halogens is 1. The molecule has 0 aliphatic rings. The van der Waals surface area contributed by atoms with Gasteiger partial charge >= 0.3 is 7.60 Å². The molecule has 0 aromatic heterocycles. The van der Waals surface area contributed by atoms with E-state index in [1.165, 1.54) is 21.1 Å². The van der Waals surface area contributed by atoms with E-state index in [0.29, 0.717) is 0 Å². The summed E-state index contributed by atoms with van der Waals surface area (Å²) in [5, 5.41) is 2.75. The van der Waals surface area contributed by atoms with Crippen LogP contribution in [0.1, 0.15) is 18.5 Å². The van der Waals surface area contributed by atoms with Crippen molar-refractivity contribution in [2.45, 2.75) is 13.0 Å². The van der Waals surface area contributed by atoms with E-state index in [1.807, 2.05) is 24.3 Å². The molecule has 5 nitrogen and oxygen atoms in total. The van der Waals surface area contributed by atoms with Crippen molar-refractivity contribution in [3.05, 3.63) is 34.3 Å². The molecule has 7 heteroatoms. The van der Waals surface area contributed by atoms with Crippen molar-refractivity contribution in [3.8, 4) is 0 Å². The predicted molar refractivity (Wildman–Crippen MR) is 77.2 cm³/mol. The van der Waals surface area contributed by atoms with E-state index >= 15 is 0 Å². The minimum Gasteiger partial charge on any atom is -0.349 e. The number of benzene rings is 1. The number of hydrogen-bond acceptors (Lipinski definition) is 4. The first kappa shape index (κ1) is 16.4. The van der Waals surface area contributed by atoms with E-state index in [2.05, 4.69) is 21.2 Å². The molecule has 0 heterocycles. The van der Waals surface area contributed by atoms with Crippen molar-refractivity contribution in [1.82, 2.24) is 5.32 Å². The van der Waals surface area contributed by atoms with Crippen molar-refractivity contribution >= 4 is 29.4 Å². The quantitative estimate of drug-likeness (QED) is 0.801. The third-order valence-electron chi connectivity index (χ3n) is 2.61. The molecule has 1 N–H and O–H groups in total. The number of nitrogens with one attached hydrogen (secondary N) is 1. The molecule has 19 heavy (non-hydrogen) atoms. The molecule has 0 radical (unpaired) electrons. The summed E-state index contributed by atoms with van der Waals surface area (Å²) >= 11 is 3.34. The van der Waals surface area contributed by atoms with Crippen LogP contribution in [-0.2, 0) is 18.4 Å². The molecule has 0 aliphatic heterocycles. The highest BCUT2D eigenvalue weighted by Gasteiger charge is 2.28. The standard InChI is InChI=1S/C12H17BrNO4P/c1-9(15)14-12(8-19(16,17-2)18-3)10-4-6-11(13)7-5-10/h4-7,12H,8H2,1-3H3,(H,14,15)/t12-/m1/s1. The number of rotatable bonds is 6. The number of carbonyl (C=O) groups is 1. The van der Waals surface area contributed by atoms with Crippen molar-refractivity contribution in [2.24, 2.45) is 0 Å². The fourth-order valence-electron chi connectivity index (χ4n) is 1.62. The van der Waals surface area contributed by atoms with Gasteiger partial charge in [-0.1, -0.05) is 28.1 Å². The van der Waals surface area contributed by atoms with Gasteiger partial charge in [-0.15, -0.1) is 0 Å². The van der Waals surface area contributed by atoms with Crippen LogP contribution in [0, 0.1) is 0 Å². The Hall–Kier alpha value is -0.680. The van der Waals surface area contributed by atoms with Crippen LogP contribution in [0.4, 0.5) is 0 Å². The summed E-state index contributed by atoms with van der Waals surface area (Å²) in [6.45, 7) is 1.41. The molecule has 106 valence electrons. The van der Waals surface area contributed by atoms with Crippen LogP contribution in [0.5, 0.6) is 0 Å². The van der Waals surface area contributed by atoms with Crippen LogP contribution in [0.2, 0.25) is 0 Å². The van der Waals surface area contributed by atoms with Crippen molar-refractivity contribution < 1.29 is 18.4 Å². The van der Waals surface area contributed by atoms with Gasteiger partial charge in [0.15, 0.2) is 0 Å². The van der Waals surface area contributed by atoms with Gasteiger partial charge in [-0.05, 0) is 17.7 Å². The summed E-state index contributed by atoms with van der Waals surface area (Å²) in [7, 11) is -0.537. The second kappa shape index (κ2) is 7.20. The maximum Gasteiger partial charge on any atom is 0.332 e. The lowest BCUT2D eigenvalue weighted by Crippen LogP contribution is -2.29. The fourth-order valence-corrected chi connectivity index (χ4v) is 3.08. The van der Waals surface area contributed by atoms with E-state index in [9.17, 15) is 9.36 Å². The van der Waals surface area contributed by atoms with Crippen LogP contribution in [-0.4, -0.2) is 26.3 Å². The Morgan fingerprint density at radius 2 is 1.84 bits per heavy atom. The Morgan fingerprint density at radius 3 is 2.26 bits per heavy atom. The Balaban J connectivity index is 2.98. The summed E-state index contributed by atoms with van der Waals surface area (Å²) < 4.78 is 22.9. The molecule has 1 aromatic rings. The summed E-state index contributed by atoms with van der Waals surface area (Å²) in [4.78, 5) is 11.3. The molecule has 1 amide bonds. The van der Waals surface area contributed by atoms with Crippen LogP contribution in [0.25, 0.3) is 0 Å². The number of hydrogen-bond donors (Lipinski definition) is 1. The van der Waals surface area contributed by atoms with Gasteiger partial charge in [0, 0.05) is 25.6 Å². The lowest BCUT2D eigenvalue weighted by Gasteiger charge is -2.22. The molecule has 0 saturated heterocycles. The summed E-state index contributed by atoms with van der Waals surface area (Å²) in [5.74, 6) is -0.202. The third-order valence-corrected chi connectivity index (χ3v) is 5.07. The van der Waals surface area contributed by atoms with Gasteiger partial charge in [0.05, 0.1) is 12.2 Å². The number of carbonyl (C=O) groups excluding carboxylic acids is 1. The zero-order chi connectivity index (χ0) is 14.5. The Labute approximate surface area is 121 Å². The van der Waals surface area contributed by atoms with Crippen molar-refractivity contribution in [3.63, 3.8) is 0 Å². The second-order valence-electron chi connectivity index (χ2n) is 3.96. The Kier molecular flexibility index (Phi) is 6.20. The van der Waals surface area contributed by atoms with Gasteiger partial charge in [-0.2, -0.15) is 0 Å². The van der Waals surface area contributed by atoms with Crippen LogP contribution >= 0.6 is 23.5 Å². The SMILES string of the molecule is COP(=O)(C[C@@H](NC(C)=O)c1ccc(Br)cc1)OC. The van der Waals surface area contributed by atoms with Gasteiger partial charge in [0.25, 0.3) is 0 Å². The highest BCUT2D eigenvalue weighted by molar-refractivity contribution is 9.10.